The third kappa shape index (κ3) is 4.96. The number of carbonyl (C=O) groups excluding carboxylic acids is 1. The van der Waals surface area contributed by atoms with E-state index in [1.54, 1.807) is 0 Å². The van der Waals surface area contributed by atoms with Gasteiger partial charge in [0.1, 0.15) is 11.5 Å². The molecule has 1 rings (SSSR count). The van der Waals surface area contributed by atoms with Crippen molar-refractivity contribution in [3.8, 4) is 5.75 Å². The van der Waals surface area contributed by atoms with E-state index in [2.05, 4.69) is 6.92 Å². The number of rotatable bonds is 7. The van der Waals surface area contributed by atoms with Crippen molar-refractivity contribution in [3.63, 3.8) is 0 Å². The predicted octanol–water partition coefficient (Wildman–Crippen LogP) is 3.52. The summed E-state index contributed by atoms with van der Waals surface area (Å²) in [6.45, 7) is 4.61. The highest BCUT2D eigenvalue weighted by Gasteiger charge is 2.01. The third-order valence-corrected chi connectivity index (χ3v) is 2.45. The molecule has 0 radical (unpaired) electrons. The van der Waals surface area contributed by atoms with Gasteiger partial charge in [-0.1, -0.05) is 25.5 Å². The Balaban J connectivity index is 2.22. The number of unbranched alkanes of at least 4 members (excludes halogenated alkanes) is 1. The minimum atomic E-state index is 0.300. The number of hydrogen-bond acceptors (Lipinski definition) is 2. The van der Waals surface area contributed by atoms with Gasteiger partial charge in [-0.25, -0.2) is 0 Å². The van der Waals surface area contributed by atoms with Gasteiger partial charge in [0, 0.05) is 12.8 Å². The molecule has 0 bridgehead atoms. The lowest BCUT2D eigenvalue weighted by Crippen LogP contribution is -2.06. The number of aryl methyl sites for hydroxylation is 1. The van der Waals surface area contributed by atoms with Gasteiger partial charge in [0.15, 0.2) is 0 Å². The Morgan fingerprint density at radius 3 is 2.81 bits per heavy atom. The molecule has 0 aromatic heterocycles. The van der Waals surface area contributed by atoms with Gasteiger partial charge in [-0.2, -0.15) is 0 Å². The SMILES string of the molecule is CCCCC(=O)CCOc1cccc(C)c1. The quantitative estimate of drug-likeness (QED) is 0.702. The Labute approximate surface area is 97.6 Å². The molecule has 0 atom stereocenters. The van der Waals surface area contributed by atoms with E-state index in [4.69, 9.17) is 4.74 Å². The van der Waals surface area contributed by atoms with Crippen molar-refractivity contribution < 1.29 is 9.53 Å². The van der Waals surface area contributed by atoms with Crippen molar-refractivity contribution in [3.05, 3.63) is 29.8 Å². The van der Waals surface area contributed by atoms with Crippen LogP contribution in [0, 0.1) is 6.92 Å². The van der Waals surface area contributed by atoms with E-state index in [0.717, 1.165) is 18.6 Å². The van der Waals surface area contributed by atoms with Crippen molar-refractivity contribution in [2.24, 2.45) is 0 Å². The summed E-state index contributed by atoms with van der Waals surface area (Å²) in [5.41, 5.74) is 1.18. The molecule has 0 aliphatic carbocycles. The summed E-state index contributed by atoms with van der Waals surface area (Å²) < 4.78 is 5.52. The number of benzene rings is 1. The second-order valence-electron chi connectivity index (χ2n) is 4.06. The zero-order valence-corrected chi connectivity index (χ0v) is 10.2. The van der Waals surface area contributed by atoms with E-state index in [1.165, 1.54) is 5.56 Å². The van der Waals surface area contributed by atoms with Crippen LogP contribution in [0.15, 0.2) is 24.3 Å². The predicted molar refractivity (Wildman–Crippen MR) is 65.8 cm³/mol. The Bertz CT molecular complexity index is 331. The highest BCUT2D eigenvalue weighted by Crippen LogP contribution is 2.12. The maximum atomic E-state index is 11.4. The Kier molecular flexibility index (Phi) is 5.62. The number of ketones is 1. The highest BCUT2D eigenvalue weighted by molar-refractivity contribution is 5.78. The van der Waals surface area contributed by atoms with E-state index in [1.807, 2.05) is 31.2 Å². The van der Waals surface area contributed by atoms with Crippen molar-refractivity contribution in [2.75, 3.05) is 6.61 Å². The molecule has 0 heterocycles. The Hall–Kier alpha value is -1.31. The number of hydrogen-bond donors (Lipinski definition) is 0. The van der Waals surface area contributed by atoms with Gasteiger partial charge in [-0.3, -0.25) is 4.79 Å². The van der Waals surface area contributed by atoms with Crippen LogP contribution in [0.2, 0.25) is 0 Å². The molecule has 0 spiro atoms. The van der Waals surface area contributed by atoms with Crippen molar-refractivity contribution in [2.45, 2.75) is 39.5 Å². The van der Waals surface area contributed by atoms with E-state index >= 15 is 0 Å². The van der Waals surface area contributed by atoms with Gasteiger partial charge < -0.3 is 4.74 Å². The molecule has 0 amide bonds. The van der Waals surface area contributed by atoms with Crippen LogP contribution in [0.3, 0.4) is 0 Å². The Morgan fingerprint density at radius 2 is 2.12 bits per heavy atom. The molecule has 2 nitrogen and oxygen atoms in total. The lowest BCUT2D eigenvalue weighted by Gasteiger charge is -2.06. The maximum absolute atomic E-state index is 11.4. The molecule has 1 aromatic rings. The molecular weight excluding hydrogens is 200 g/mol. The fourth-order valence-electron chi connectivity index (χ4n) is 1.49. The standard InChI is InChI=1S/C14H20O2/c1-3-4-7-13(15)9-10-16-14-8-5-6-12(2)11-14/h5-6,8,11H,3-4,7,9-10H2,1-2H3. The first-order valence-corrected chi connectivity index (χ1v) is 5.93. The van der Waals surface area contributed by atoms with E-state index in [-0.39, 0.29) is 0 Å². The number of Topliss-reactive ketones (excluding diaryl/α,β-unsaturated/α-hetero) is 1. The van der Waals surface area contributed by atoms with Gasteiger partial charge in [0.25, 0.3) is 0 Å². The first-order chi connectivity index (χ1) is 7.72. The average molecular weight is 220 g/mol. The zero-order chi connectivity index (χ0) is 11.8. The molecule has 0 aliphatic heterocycles. The third-order valence-electron chi connectivity index (χ3n) is 2.45. The molecule has 0 aliphatic rings. The van der Waals surface area contributed by atoms with Gasteiger partial charge in [-0.15, -0.1) is 0 Å². The first-order valence-electron chi connectivity index (χ1n) is 5.93. The Morgan fingerprint density at radius 1 is 1.31 bits per heavy atom. The lowest BCUT2D eigenvalue weighted by molar-refractivity contribution is -0.119. The van der Waals surface area contributed by atoms with Crippen molar-refractivity contribution in [1.82, 2.24) is 0 Å². The lowest BCUT2D eigenvalue weighted by atomic mass is 10.1. The molecule has 0 unspecified atom stereocenters. The summed E-state index contributed by atoms with van der Waals surface area (Å²) in [4.78, 5) is 11.4. The summed E-state index contributed by atoms with van der Waals surface area (Å²) in [6, 6.07) is 7.89. The molecule has 1 aromatic carbocycles. The van der Waals surface area contributed by atoms with Crippen LogP contribution in [-0.2, 0) is 4.79 Å². The van der Waals surface area contributed by atoms with Crippen LogP contribution >= 0.6 is 0 Å². The van der Waals surface area contributed by atoms with Crippen LogP contribution in [0.25, 0.3) is 0 Å². The minimum absolute atomic E-state index is 0.300. The molecule has 0 saturated carbocycles. The van der Waals surface area contributed by atoms with Crippen LogP contribution < -0.4 is 4.74 Å². The summed E-state index contributed by atoms with van der Waals surface area (Å²) in [7, 11) is 0. The average Bonchev–Trinajstić information content (AvgIpc) is 2.26. The molecule has 2 heteroatoms. The summed E-state index contributed by atoms with van der Waals surface area (Å²) >= 11 is 0. The van der Waals surface area contributed by atoms with Crippen LogP contribution in [-0.4, -0.2) is 12.4 Å². The molecule has 16 heavy (non-hydrogen) atoms. The van der Waals surface area contributed by atoms with Crippen molar-refractivity contribution >= 4 is 5.78 Å². The normalized spacial score (nSPS) is 10.1. The topological polar surface area (TPSA) is 26.3 Å². The van der Waals surface area contributed by atoms with Crippen LogP contribution in [0.4, 0.5) is 0 Å². The number of carbonyl (C=O) groups is 1. The molecular formula is C14H20O2. The molecule has 88 valence electrons. The van der Waals surface area contributed by atoms with Crippen molar-refractivity contribution in [1.29, 1.82) is 0 Å². The fourth-order valence-corrected chi connectivity index (χ4v) is 1.49. The van der Waals surface area contributed by atoms with Gasteiger partial charge >= 0.3 is 0 Å². The second kappa shape index (κ2) is 7.04. The monoisotopic (exact) mass is 220 g/mol. The second-order valence-corrected chi connectivity index (χ2v) is 4.06. The van der Waals surface area contributed by atoms with Gasteiger partial charge in [-0.05, 0) is 31.0 Å². The molecule has 0 N–H and O–H groups in total. The first kappa shape index (κ1) is 12.8. The maximum Gasteiger partial charge on any atom is 0.136 e. The largest absolute Gasteiger partial charge is 0.493 e. The van der Waals surface area contributed by atoms with Gasteiger partial charge in [0.2, 0.25) is 0 Å². The van der Waals surface area contributed by atoms with Gasteiger partial charge in [0.05, 0.1) is 6.61 Å². The van der Waals surface area contributed by atoms with E-state index < -0.39 is 0 Å². The smallest absolute Gasteiger partial charge is 0.136 e. The number of ether oxygens (including phenoxy) is 1. The van der Waals surface area contributed by atoms with Crippen LogP contribution in [0.5, 0.6) is 5.75 Å². The summed E-state index contributed by atoms with van der Waals surface area (Å²) in [6.07, 6.45) is 3.27. The highest BCUT2D eigenvalue weighted by atomic mass is 16.5. The zero-order valence-electron chi connectivity index (χ0n) is 10.2. The molecule has 0 saturated heterocycles. The minimum Gasteiger partial charge on any atom is -0.493 e. The molecule has 0 fully saturated rings. The van der Waals surface area contributed by atoms with Crippen LogP contribution in [0.1, 0.15) is 38.2 Å². The van der Waals surface area contributed by atoms with E-state index in [9.17, 15) is 4.79 Å². The van der Waals surface area contributed by atoms with E-state index in [0.29, 0.717) is 25.2 Å². The summed E-state index contributed by atoms with van der Waals surface area (Å²) in [5.74, 6) is 1.15. The fraction of sp³-hybridized carbons (Fsp3) is 0.500. The summed E-state index contributed by atoms with van der Waals surface area (Å²) in [5, 5.41) is 0.